The van der Waals surface area contributed by atoms with Gasteiger partial charge in [-0.3, -0.25) is 5.32 Å². The number of rotatable bonds is 2. The van der Waals surface area contributed by atoms with Crippen LogP contribution in [0, 0.1) is 5.82 Å². The van der Waals surface area contributed by atoms with Crippen LogP contribution < -0.4 is 10.1 Å². The highest BCUT2D eigenvalue weighted by Gasteiger charge is 2.33. The van der Waals surface area contributed by atoms with Crippen LogP contribution in [-0.4, -0.2) is 16.8 Å². The molecule has 2 aromatic rings. The number of hydrogen-bond donors (Lipinski definition) is 2. The van der Waals surface area contributed by atoms with Crippen molar-refractivity contribution in [1.29, 1.82) is 0 Å². The molecule has 0 saturated heterocycles. The summed E-state index contributed by atoms with van der Waals surface area (Å²) in [7, 11) is 0. The number of hydrogen-bond acceptors (Lipinski definition) is 2. The Balaban J connectivity index is 2.17. The molecule has 0 bridgehead atoms. The van der Waals surface area contributed by atoms with E-state index in [0.29, 0.717) is 11.4 Å². The van der Waals surface area contributed by atoms with E-state index in [0.717, 1.165) is 22.3 Å². The lowest BCUT2D eigenvalue weighted by Crippen LogP contribution is -2.33. The number of benzene rings is 2. The molecule has 3 rings (SSSR count). The monoisotopic (exact) mass is 327 g/mol. The Hall–Kier alpha value is -2.82. The van der Waals surface area contributed by atoms with Gasteiger partial charge in [0.1, 0.15) is 17.2 Å². The van der Waals surface area contributed by atoms with Gasteiger partial charge in [0.2, 0.25) is 0 Å². The van der Waals surface area contributed by atoms with Gasteiger partial charge in [0.05, 0.1) is 0 Å². The second-order valence-electron chi connectivity index (χ2n) is 6.26. The summed E-state index contributed by atoms with van der Waals surface area (Å²) in [6, 6.07) is 11.5. The summed E-state index contributed by atoms with van der Waals surface area (Å²) in [5, 5.41) is 11.2. The number of halogens is 1. The van der Waals surface area contributed by atoms with E-state index in [2.05, 4.69) is 5.32 Å². The van der Waals surface area contributed by atoms with Crippen LogP contribution in [0.4, 0.5) is 14.9 Å². The van der Waals surface area contributed by atoms with E-state index >= 15 is 0 Å². The molecule has 0 aromatic heterocycles. The van der Waals surface area contributed by atoms with Crippen molar-refractivity contribution >= 4 is 17.4 Å². The van der Waals surface area contributed by atoms with Gasteiger partial charge >= 0.3 is 6.09 Å². The molecule has 4 nitrogen and oxygen atoms in total. The van der Waals surface area contributed by atoms with E-state index < -0.39 is 11.7 Å². The van der Waals surface area contributed by atoms with Crippen molar-refractivity contribution in [2.45, 2.75) is 26.4 Å². The molecular weight excluding hydrogens is 309 g/mol. The Morgan fingerprint density at radius 3 is 2.46 bits per heavy atom. The molecule has 124 valence electrons. The molecule has 2 N–H and O–H groups in total. The van der Waals surface area contributed by atoms with Gasteiger partial charge in [-0.1, -0.05) is 12.1 Å². The van der Waals surface area contributed by atoms with Crippen LogP contribution in [0.2, 0.25) is 0 Å². The van der Waals surface area contributed by atoms with Crippen LogP contribution in [0.15, 0.2) is 48.0 Å². The molecule has 0 saturated carbocycles. The lowest BCUT2D eigenvalue weighted by atomic mass is 9.83. The molecule has 0 spiro atoms. The van der Waals surface area contributed by atoms with Crippen LogP contribution in [0.1, 0.15) is 31.9 Å². The SMILES string of the molecule is CC1=C(c2ccc(F)cc2)c2ccc(NC(=O)O)cc2OC1(C)C. The molecule has 0 fully saturated rings. The summed E-state index contributed by atoms with van der Waals surface area (Å²) in [5.74, 6) is 0.306. The highest BCUT2D eigenvalue weighted by atomic mass is 19.1. The first-order valence-electron chi connectivity index (χ1n) is 7.58. The van der Waals surface area contributed by atoms with Crippen molar-refractivity contribution in [3.05, 3.63) is 65.0 Å². The number of carbonyl (C=O) groups is 1. The minimum absolute atomic E-state index is 0.287. The van der Waals surface area contributed by atoms with Gasteiger partial charge in [0, 0.05) is 17.3 Å². The predicted molar refractivity (Wildman–Crippen MR) is 90.9 cm³/mol. The molecule has 2 aromatic carbocycles. The summed E-state index contributed by atoms with van der Waals surface area (Å²) < 4.78 is 19.3. The minimum atomic E-state index is -1.13. The van der Waals surface area contributed by atoms with Gasteiger partial charge in [-0.25, -0.2) is 9.18 Å². The molecule has 1 aliphatic heterocycles. The van der Waals surface area contributed by atoms with Gasteiger partial charge < -0.3 is 9.84 Å². The molecule has 1 amide bonds. The fourth-order valence-corrected chi connectivity index (χ4v) is 2.86. The smallest absolute Gasteiger partial charge is 0.409 e. The molecule has 24 heavy (non-hydrogen) atoms. The first-order valence-corrected chi connectivity index (χ1v) is 7.58. The lowest BCUT2D eigenvalue weighted by molar-refractivity contribution is 0.145. The van der Waals surface area contributed by atoms with E-state index in [9.17, 15) is 9.18 Å². The third-order valence-corrected chi connectivity index (χ3v) is 4.28. The number of fused-ring (bicyclic) bond motifs is 1. The molecule has 0 atom stereocenters. The highest BCUT2D eigenvalue weighted by molar-refractivity contribution is 5.89. The number of nitrogens with one attached hydrogen (secondary N) is 1. The van der Waals surface area contributed by atoms with Crippen LogP contribution in [0.5, 0.6) is 5.75 Å². The van der Waals surface area contributed by atoms with E-state index in [4.69, 9.17) is 9.84 Å². The standard InChI is InChI=1S/C19H18FNO3/c1-11-17(12-4-6-13(20)7-5-12)15-9-8-14(21-18(22)23)10-16(15)24-19(11,2)3/h4-10,21H,1-3H3,(H,22,23). The number of amides is 1. The van der Waals surface area contributed by atoms with Gasteiger partial charge in [-0.15, -0.1) is 0 Å². The van der Waals surface area contributed by atoms with Crippen molar-refractivity contribution in [1.82, 2.24) is 0 Å². The van der Waals surface area contributed by atoms with Crippen molar-refractivity contribution in [2.75, 3.05) is 5.32 Å². The van der Waals surface area contributed by atoms with Crippen LogP contribution in [0.3, 0.4) is 0 Å². The average molecular weight is 327 g/mol. The van der Waals surface area contributed by atoms with Gasteiger partial charge in [0.25, 0.3) is 0 Å². The van der Waals surface area contributed by atoms with Gasteiger partial charge in [-0.05, 0) is 61.7 Å². The summed E-state index contributed by atoms with van der Waals surface area (Å²) >= 11 is 0. The molecule has 1 aliphatic rings. The predicted octanol–water partition coefficient (Wildman–Crippen LogP) is 4.91. The number of carboxylic acid groups (broad SMARTS) is 1. The normalized spacial score (nSPS) is 15.5. The highest BCUT2D eigenvalue weighted by Crippen LogP contribution is 2.44. The Labute approximate surface area is 139 Å². The summed E-state index contributed by atoms with van der Waals surface area (Å²) in [6.07, 6.45) is -1.13. The summed E-state index contributed by atoms with van der Waals surface area (Å²) in [4.78, 5) is 10.8. The van der Waals surface area contributed by atoms with Crippen LogP contribution >= 0.6 is 0 Å². The second kappa shape index (κ2) is 5.67. The lowest BCUT2D eigenvalue weighted by Gasteiger charge is -2.36. The molecule has 1 heterocycles. The Morgan fingerprint density at radius 1 is 1.17 bits per heavy atom. The molecular formula is C19H18FNO3. The fraction of sp³-hybridized carbons (Fsp3) is 0.211. The zero-order valence-corrected chi connectivity index (χ0v) is 13.7. The first-order chi connectivity index (χ1) is 11.3. The first kappa shape index (κ1) is 16.1. The number of anilines is 1. The van der Waals surface area contributed by atoms with Crippen LogP contribution in [-0.2, 0) is 0 Å². The maximum Gasteiger partial charge on any atom is 0.409 e. The van der Waals surface area contributed by atoms with Crippen molar-refractivity contribution < 1.29 is 19.0 Å². The Kier molecular flexibility index (Phi) is 3.79. The zero-order valence-electron chi connectivity index (χ0n) is 13.7. The topological polar surface area (TPSA) is 58.6 Å². The molecule has 5 heteroatoms. The molecule has 0 unspecified atom stereocenters. The quantitative estimate of drug-likeness (QED) is 0.824. The van der Waals surface area contributed by atoms with E-state index in [1.165, 1.54) is 12.1 Å². The molecule has 0 aliphatic carbocycles. The fourth-order valence-electron chi connectivity index (χ4n) is 2.86. The summed E-state index contributed by atoms with van der Waals surface area (Å²) in [6.45, 7) is 5.89. The van der Waals surface area contributed by atoms with E-state index in [1.807, 2.05) is 26.8 Å². The Bertz CT molecular complexity index is 838. The maximum atomic E-state index is 13.3. The van der Waals surface area contributed by atoms with Gasteiger partial charge in [-0.2, -0.15) is 0 Å². The minimum Gasteiger partial charge on any atom is -0.483 e. The largest absolute Gasteiger partial charge is 0.483 e. The zero-order chi connectivity index (χ0) is 17.5. The summed E-state index contributed by atoms with van der Waals surface area (Å²) in [5.41, 5.74) is 3.64. The average Bonchev–Trinajstić information content (AvgIpc) is 2.49. The van der Waals surface area contributed by atoms with Gasteiger partial charge in [0.15, 0.2) is 0 Å². The molecule has 0 radical (unpaired) electrons. The van der Waals surface area contributed by atoms with Crippen molar-refractivity contribution in [2.24, 2.45) is 0 Å². The Morgan fingerprint density at radius 2 is 1.83 bits per heavy atom. The third kappa shape index (κ3) is 2.85. The second-order valence-corrected chi connectivity index (χ2v) is 6.26. The van der Waals surface area contributed by atoms with E-state index in [1.54, 1.807) is 24.3 Å². The van der Waals surface area contributed by atoms with Crippen molar-refractivity contribution in [3.63, 3.8) is 0 Å². The number of ether oxygens (including phenoxy) is 1. The van der Waals surface area contributed by atoms with Crippen LogP contribution in [0.25, 0.3) is 5.57 Å². The maximum absolute atomic E-state index is 13.3. The van der Waals surface area contributed by atoms with Crippen molar-refractivity contribution in [3.8, 4) is 5.75 Å². The van der Waals surface area contributed by atoms with E-state index in [-0.39, 0.29) is 5.82 Å². The third-order valence-electron chi connectivity index (χ3n) is 4.28.